The Morgan fingerprint density at radius 1 is 1.48 bits per heavy atom. The van der Waals surface area contributed by atoms with Crippen LogP contribution >= 0.6 is 0 Å². The fourth-order valence-corrected chi connectivity index (χ4v) is 1.70. The van der Waals surface area contributed by atoms with E-state index in [1.54, 1.807) is 26.0 Å². The molecule has 0 saturated heterocycles. The molecule has 0 amide bonds. The van der Waals surface area contributed by atoms with Crippen molar-refractivity contribution in [3.8, 4) is 5.75 Å². The Bertz CT molecular complexity index is 488. The van der Waals surface area contributed by atoms with Gasteiger partial charge in [-0.1, -0.05) is 13.0 Å². The maximum Gasteiger partial charge on any atom is 0.312 e. The van der Waals surface area contributed by atoms with E-state index in [0.717, 1.165) is 18.5 Å². The van der Waals surface area contributed by atoms with Gasteiger partial charge in [-0.3, -0.25) is 4.79 Å². The minimum atomic E-state index is -1.05. The topological polar surface area (TPSA) is 58.6 Å². The fraction of sp³-hybridized carbons (Fsp3) is 0.562. The minimum Gasteiger partial charge on any atom is -0.489 e. The number of rotatable bonds is 8. The number of carboxylic acids is 1. The third kappa shape index (κ3) is 5.01. The quantitative estimate of drug-likeness (QED) is 0.772. The van der Waals surface area contributed by atoms with Crippen molar-refractivity contribution in [3.05, 3.63) is 29.6 Å². The number of aliphatic carboxylic acids is 1. The summed E-state index contributed by atoms with van der Waals surface area (Å²) in [6.07, 6.45) is 1.01. The second kappa shape index (κ2) is 7.41. The van der Waals surface area contributed by atoms with Gasteiger partial charge in [0.2, 0.25) is 0 Å². The molecule has 0 spiro atoms. The Morgan fingerprint density at radius 2 is 2.14 bits per heavy atom. The summed E-state index contributed by atoms with van der Waals surface area (Å²) in [6, 6.07) is 4.83. The molecule has 0 radical (unpaired) electrons. The van der Waals surface area contributed by atoms with Gasteiger partial charge < -0.3 is 15.2 Å². The fourth-order valence-electron chi connectivity index (χ4n) is 1.70. The number of nitrogens with one attached hydrogen (secondary N) is 1. The minimum absolute atomic E-state index is 0.0592. The summed E-state index contributed by atoms with van der Waals surface area (Å²) in [7, 11) is 0. The molecule has 2 N–H and O–H groups in total. The third-order valence-electron chi connectivity index (χ3n) is 3.32. The molecule has 0 aliphatic carbocycles. The first-order chi connectivity index (χ1) is 9.77. The maximum absolute atomic E-state index is 14.0. The first-order valence-corrected chi connectivity index (χ1v) is 7.17. The van der Waals surface area contributed by atoms with Crippen molar-refractivity contribution in [1.82, 2.24) is 5.32 Å². The molecule has 1 aromatic rings. The number of ether oxygens (including phenoxy) is 1. The van der Waals surface area contributed by atoms with E-state index in [2.05, 4.69) is 12.2 Å². The molecule has 118 valence electrons. The van der Waals surface area contributed by atoms with Gasteiger partial charge >= 0.3 is 5.97 Å². The SMILES string of the molecule is CCCNC(C)c1ccc(OCC(C)(C)C(=O)O)c(F)c1. The van der Waals surface area contributed by atoms with E-state index in [9.17, 15) is 9.18 Å². The second-order valence-electron chi connectivity index (χ2n) is 5.84. The molecule has 1 rings (SSSR count). The van der Waals surface area contributed by atoms with Crippen LogP contribution in [0.3, 0.4) is 0 Å². The Kier molecular flexibility index (Phi) is 6.15. The predicted molar refractivity (Wildman–Crippen MR) is 80.0 cm³/mol. The summed E-state index contributed by atoms with van der Waals surface area (Å²) < 4.78 is 19.3. The van der Waals surface area contributed by atoms with E-state index in [-0.39, 0.29) is 18.4 Å². The number of hydrogen-bond donors (Lipinski definition) is 2. The van der Waals surface area contributed by atoms with E-state index < -0.39 is 17.2 Å². The maximum atomic E-state index is 14.0. The Hall–Kier alpha value is -1.62. The van der Waals surface area contributed by atoms with Crippen LogP contribution in [0.4, 0.5) is 4.39 Å². The lowest BCUT2D eigenvalue weighted by molar-refractivity contribution is -0.148. The molecule has 0 bridgehead atoms. The third-order valence-corrected chi connectivity index (χ3v) is 3.32. The summed E-state index contributed by atoms with van der Waals surface area (Å²) in [5.74, 6) is -1.37. The van der Waals surface area contributed by atoms with Crippen molar-refractivity contribution in [3.63, 3.8) is 0 Å². The van der Waals surface area contributed by atoms with E-state index in [1.165, 1.54) is 6.07 Å². The molecule has 4 nitrogen and oxygen atoms in total. The molecule has 5 heteroatoms. The van der Waals surface area contributed by atoms with Crippen LogP contribution in [-0.2, 0) is 4.79 Å². The summed E-state index contributed by atoms with van der Waals surface area (Å²) in [5, 5.41) is 12.3. The van der Waals surface area contributed by atoms with E-state index in [4.69, 9.17) is 9.84 Å². The largest absolute Gasteiger partial charge is 0.489 e. The highest BCUT2D eigenvalue weighted by atomic mass is 19.1. The molecule has 0 aliphatic rings. The van der Waals surface area contributed by atoms with Gasteiger partial charge in [0.25, 0.3) is 0 Å². The summed E-state index contributed by atoms with van der Waals surface area (Å²) in [4.78, 5) is 11.0. The average molecular weight is 297 g/mol. The first kappa shape index (κ1) is 17.4. The molecule has 1 aromatic carbocycles. The molecule has 21 heavy (non-hydrogen) atoms. The van der Waals surface area contributed by atoms with Gasteiger partial charge in [0.1, 0.15) is 6.61 Å². The zero-order chi connectivity index (χ0) is 16.0. The molecular formula is C16H24FNO3. The van der Waals surface area contributed by atoms with Gasteiger partial charge in [-0.05, 0) is 51.4 Å². The van der Waals surface area contributed by atoms with Crippen LogP contribution in [0.25, 0.3) is 0 Å². The summed E-state index contributed by atoms with van der Waals surface area (Å²) in [6.45, 7) is 7.91. The molecule has 0 aromatic heterocycles. The molecule has 0 heterocycles. The van der Waals surface area contributed by atoms with Crippen LogP contribution in [0.2, 0.25) is 0 Å². The van der Waals surface area contributed by atoms with Crippen LogP contribution in [0.5, 0.6) is 5.75 Å². The summed E-state index contributed by atoms with van der Waals surface area (Å²) in [5.41, 5.74) is -0.216. The Balaban J connectivity index is 2.72. The lowest BCUT2D eigenvalue weighted by Gasteiger charge is -2.20. The first-order valence-electron chi connectivity index (χ1n) is 7.17. The van der Waals surface area contributed by atoms with Gasteiger partial charge in [-0.15, -0.1) is 0 Å². The highest BCUT2D eigenvalue weighted by Crippen LogP contribution is 2.24. The molecule has 0 aliphatic heterocycles. The van der Waals surface area contributed by atoms with Crippen molar-refractivity contribution >= 4 is 5.97 Å². The Morgan fingerprint density at radius 3 is 2.67 bits per heavy atom. The number of halogens is 1. The molecule has 1 unspecified atom stereocenters. The number of carboxylic acid groups (broad SMARTS) is 1. The van der Waals surface area contributed by atoms with Crippen LogP contribution in [0, 0.1) is 11.2 Å². The normalized spacial score (nSPS) is 13.0. The lowest BCUT2D eigenvalue weighted by atomic mass is 9.95. The van der Waals surface area contributed by atoms with Crippen LogP contribution in [0.15, 0.2) is 18.2 Å². The van der Waals surface area contributed by atoms with Gasteiger partial charge in [-0.2, -0.15) is 0 Å². The summed E-state index contributed by atoms with van der Waals surface area (Å²) >= 11 is 0. The average Bonchev–Trinajstić information content (AvgIpc) is 2.43. The van der Waals surface area contributed by atoms with Crippen molar-refractivity contribution in [2.75, 3.05) is 13.2 Å². The van der Waals surface area contributed by atoms with Gasteiger partial charge in [0.05, 0.1) is 5.41 Å². The van der Waals surface area contributed by atoms with Crippen LogP contribution in [-0.4, -0.2) is 24.2 Å². The molecular weight excluding hydrogens is 273 g/mol. The van der Waals surface area contributed by atoms with E-state index >= 15 is 0 Å². The zero-order valence-corrected chi connectivity index (χ0v) is 13.1. The van der Waals surface area contributed by atoms with Crippen molar-refractivity contribution in [2.45, 2.75) is 40.2 Å². The van der Waals surface area contributed by atoms with Crippen molar-refractivity contribution < 1.29 is 19.0 Å². The highest BCUT2D eigenvalue weighted by molar-refractivity contribution is 5.73. The monoisotopic (exact) mass is 297 g/mol. The van der Waals surface area contributed by atoms with E-state index in [1.807, 2.05) is 6.92 Å². The Labute approximate surface area is 125 Å². The highest BCUT2D eigenvalue weighted by Gasteiger charge is 2.28. The number of hydrogen-bond acceptors (Lipinski definition) is 3. The van der Waals surface area contributed by atoms with Crippen molar-refractivity contribution in [1.29, 1.82) is 0 Å². The molecule has 0 saturated carbocycles. The number of carbonyl (C=O) groups is 1. The van der Waals surface area contributed by atoms with Gasteiger partial charge in [0, 0.05) is 6.04 Å². The van der Waals surface area contributed by atoms with Gasteiger partial charge in [-0.25, -0.2) is 4.39 Å². The standard InChI is InChI=1S/C16H24FNO3/c1-5-8-18-11(2)12-6-7-14(13(17)9-12)21-10-16(3,4)15(19)20/h6-7,9,11,18H,5,8,10H2,1-4H3,(H,19,20). The second-order valence-corrected chi connectivity index (χ2v) is 5.84. The van der Waals surface area contributed by atoms with E-state index in [0.29, 0.717) is 0 Å². The lowest BCUT2D eigenvalue weighted by Crippen LogP contribution is -2.30. The van der Waals surface area contributed by atoms with Gasteiger partial charge in [0.15, 0.2) is 11.6 Å². The zero-order valence-electron chi connectivity index (χ0n) is 13.1. The molecule has 1 atom stereocenters. The predicted octanol–water partition coefficient (Wildman–Crippen LogP) is 3.38. The smallest absolute Gasteiger partial charge is 0.312 e. The van der Waals surface area contributed by atoms with Crippen LogP contribution < -0.4 is 10.1 Å². The van der Waals surface area contributed by atoms with Crippen LogP contribution in [0.1, 0.15) is 45.7 Å². The van der Waals surface area contributed by atoms with Crippen molar-refractivity contribution in [2.24, 2.45) is 5.41 Å². The number of benzene rings is 1. The molecule has 0 fully saturated rings.